The summed E-state index contributed by atoms with van der Waals surface area (Å²) in [4.78, 5) is 0. The van der Waals surface area contributed by atoms with E-state index < -0.39 is 18.3 Å². The van der Waals surface area contributed by atoms with Crippen molar-refractivity contribution in [1.82, 2.24) is 4.57 Å². The SMILES string of the molecule is CC1(C)OB(c2cc(-c3c(-c4cccc(-c5ccccc5)c4)oc4ccccc34)cc(-c3cc4ccccc4n3-c3ccccc3)c2)OC1(C)C. The zero-order valence-electron chi connectivity index (χ0n) is 29.3. The molecule has 2 aromatic heterocycles. The van der Waals surface area contributed by atoms with Crippen molar-refractivity contribution in [2.24, 2.45) is 0 Å². The van der Waals surface area contributed by atoms with Gasteiger partial charge in [-0.1, -0.05) is 115 Å². The zero-order valence-corrected chi connectivity index (χ0v) is 29.3. The van der Waals surface area contributed by atoms with E-state index in [1.54, 1.807) is 0 Å². The average molecular weight is 664 g/mol. The van der Waals surface area contributed by atoms with E-state index >= 15 is 0 Å². The Labute approximate surface area is 299 Å². The van der Waals surface area contributed by atoms with Crippen molar-refractivity contribution in [1.29, 1.82) is 0 Å². The van der Waals surface area contributed by atoms with Gasteiger partial charge in [-0.2, -0.15) is 0 Å². The molecule has 0 bridgehead atoms. The van der Waals surface area contributed by atoms with E-state index in [9.17, 15) is 0 Å². The minimum atomic E-state index is -0.550. The van der Waals surface area contributed by atoms with Gasteiger partial charge in [0.05, 0.1) is 22.4 Å². The Morgan fingerprint density at radius 3 is 1.90 bits per heavy atom. The molecular formula is C46H38BNO3. The largest absolute Gasteiger partial charge is 0.494 e. The highest BCUT2D eigenvalue weighted by molar-refractivity contribution is 6.62. The van der Waals surface area contributed by atoms with Gasteiger partial charge < -0.3 is 18.3 Å². The molecule has 0 unspecified atom stereocenters. The normalized spacial score (nSPS) is 15.2. The Kier molecular flexibility index (Phi) is 7.39. The van der Waals surface area contributed by atoms with E-state index in [-0.39, 0.29) is 0 Å². The minimum Gasteiger partial charge on any atom is -0.455 e. The summed E-state index contributed by atoms with van der Waals surface area (Å²) in [5.41, 5.74) is 10.6. The van der Waals surface area contributed by atoms with Crippen LogP contribution in [0.5, 0.6) is 0 Å². The Morgan fingerprint density at radius 1 is 0.510 bits per heavy atom. The van der Waals surface area contributed by atoms with Crippen LogP contribution in [0.4, 0.5) is 0 Å². The predicted molar refractivity (Wildman–Crippen MR) is 211 cm³/mol. The lowest BCUT2D eigenvalue weighted by atomic mass is 9.76. The van der Waals surface area contributed by atoms with Crippen molar-refractivity contribution in [3.05, 3.63) is 158 Å². The fourth-order valence-electron chi connectivity index (χ4n) is 7.29. The molecule has 0 radical (unpaired) electrons. The van der Waals surface area contributed by atoms with Gasteiger partial charge in [0.25, 0.3) is 0 Å². The van der Waals surface area contributed by atoms with Gasteiger partial charge in [0, 0.05) is 27.6 Å². The van der Waals surface area contributed by atoms with Gasteiger partial charge in [0.1, 0.15) is 11.3 Å². The van der Waals surface area contributed by atoms with Gasteiger partial charge in [-0.3, -0.25) is 0 Å². The molecule has 1 fully saturated rings. The van der Waals surface area contributed by atoms with Crippen LogP contribution in [-0.2, 0) is 9.31 Å². The number of fused-ring (bicyclic) bond motifs is 2. The molecule has 0 N–H and O–H groups in total. The molecule has 0 spiro atoms. The summed E-state index contributed by atoms with van der Waals surface area (Å²) < 4.78 is 22.5. The zero-order chi connectivity index (χ0) is 34.7. The van der Waals surface area contributed by atoms with Crippen molar-refractivity contribution in [2.45, 2.75) is 38.9 Å². The number of hydrogen-bond donors (Lipinski definition) is 0. The lowest BCUT2D eigenvalue weighted by molar-refractivity contribution is 0.00578. The van der Waals surface area contributed by atoms with Crippen LogP contribution >= 0.6 is 0 Å². The first kappa shape index (κ1) is 31.4. The molecule has 4 nitrogen and oxygen atoms in total. The molecule has 248 valence electrons. The molecule has 6 aromatic carbocycles. The van der Waals surface area contributed by atoms with Crippen LogP contribution in [-0.4, -0.2) is 22.9 Å². The molecule has 9 rings (SSSR count). The number of rotatable bonds is 6. The Morgan fingerprint density at radius 2 is 1.12 bits per heavy atom. The maximum atomic E-state index is 6.78. The summed E-state index contributed by atoms with van der Waals surface area (Å²) in [5.74, 6) is 0.828. The summed E-state index contributed by atoms with van der Waals surface area (Å²) in [7, 11) is -0.550. The highest BCUT2D eigenvalue weighted by atomic mass is 16.7. The fourth-order valence-corrected chi connectivity index (χ4v) is 7.29. The van der Waals surface area contributed by atoms with E-state index in [0.717, 1.165) is 72.5 Å². The van der Waals surface area contributed by atoms with Crippen LogP contribution in [0, 0.1) is 0 Å². The molecule has 1 saturated heterocycles. The molecular weight excluding hydrogens is 625 g/mol. The lowest BCUT2D eigenvalue weighted by Gasteiger charge is -2.32. The second kappa shape index (κ2) is 12.0. The average Bonchev–Trinajstić information content (AvgIpc) is 3.81. The van der Waals surface area contributed by atoms with Gasteiger partial charge >= 0.3 is 7.12 Å². The number of benzene rings is 6. The van der Waals surface area contributed by atoms with Crippen molar-refractivity contribution >= 4 is 34.5 Å². The molecule has 3 heterocycles. The lowest BCUT2D eigenvalue weighted by Crippen LogP contribution is -2.41. The second-order valence-corrected chi connectivity index (χ2v) is 14.4. The van der Waals surface area contributed by atoms with E-state index in [1.165, 1.54) is 5.39 Å². The van der Waals surface area contributed by atoms with Gasteiger partial charge in [0.2, 0.25) is 0 Å². The highest BCUT2D eigenvalue weighted by Crippen LogP contribution is 2.44. The maximum absolute atomic E-state index is 6.78. The number of para-hydroxylation sites is 3. The molecule has 1 aliphatic rings. The fraction of sp³-hybridized carbons (Fsp3) is 0.130. The Hall–Kier alpha value is -5.62. The topological polar surface area (TPSA) is 36.5 Å². The third-order valence-corrected chi connectivity index (χ3v) is 10.6. The summed E-state index contributed by atoms with van der Waals surface area (Å²) in [6, 6.07) is 55.6. The van der Waals surface area contributed by atoms with Gasteiger partial charge in [0.15, 0.2) is 0 Å². The van der Waals surface area contributed by atoms with E-state index in [1.807, 2.05) is 12.1 Å². The highest BCUT2D eigenvalue weighted by Gasteiger charge is 2.52. The summed E-state index contributed by atoms with van der Waals surface area (Å²) in [5, 5.41) is 2.23. The molecule has 0 saturated carbocycles. The van der Waals surface area contributed by atoms with Crippen LogP contribution < -0.4 is 5.46 Å². The third-order valence-electron chi connectivity index (χ3n) is 10.6. The van der Waals surface area contributed by atoms with E-state index in [4.69, 9.17) is 13.7 Å². The number of furan rings is 1. The van der Waals surface area contributed by atoms with Gasteiger partial charge in [-0.05, 0) is 97.9 Å². The Bertz CT molecular complexity index is 2530. The predicted octanol–water partition coefficient (Wildman–Crippen LogP) is 11.3. The van der Waals surface area contributed by atoms with Crippen LogP contribution in [0.3, 0.4) is 0 Å². The van der Waals surface area contributed by atoms with E-state index in [0.29, 0.717) is 0 Å². The molecule has 5 heteroatoms. The van der Waals surface area contributed by atoms with E-state index in [2.05, 4.69) is 178 Å². The van der Waals surface area contributed by atoms with Crippen molar-refractivity contribution in [2.75, 3.05) is 0 Å². The minimum absolute atomic E-state index is 0.488. The first-order chi connectivity index (χ1) is 24.8. The molecule has 51 heavy (non-hydrogen) atoms. The van der Waals surface area contributed by atoms with Crippen LogP contribution in [0.2, 0.25) is 0 Å². The molecule has 8 aromatic rings. The Balaban J connectivity index is 1.31. The molecule has 0 amide bonds. The van der Waals surface area contributed by atoms with Crippen LogP contribution in [0.25, 0.3) is 72.4 Å². The van der Waals surface area contributed by atoms with Crippen LogP contribution in [0.15, 0.2) is 162 Å². The first-order valence-corrected chi connectivity index (χ1v) is 17.6. The first-order valence-electron chi connectivity index (χ1n) is 17.6. The maximum Gasteiger partial charge on any atom is 0.494 e. The smallest absolute Gasteiger partial charge is 0.455 e. The van der Waals surface area contributed by atoms with Gasteiger partial charge in [-0.15, -0.1) is 0 Å². The molecule has 1 aliphatic heterocycles. The van der Waals surface area contributed by atoms with Crippen molar-refractivity contribution in [3.63, 3.8) is 0 Å². The molecule has 0 atom stereocenters. The van der Waals surface area contributed by atoms with Crippen molar-refractivity contribution < 1.29 is 13.7 Å². The summed E-state index contributed by atoms with van der Waals surface area (Å²) >= 11 is 0. The summed E-state index contributed by atoms with van der Waals surface area (Å²) in [6.07, 6.45) is 0. The number of nitrogens with zero attached hydrogens (tertiary/aromatic N) is 1. The van der Waals surface area contributed by atoms with Gasteiger partial charge in [-0.25, -0.2) is 0 Å². The second-order valence-electron chi connectivity index (χ2n) is 14.4. The third kappa shape index (κ3) is 5.41. The summed E-state index contributed by atoms with van der Waals surface area (Å²) in [6.45, 7) is 8.41. The standard InChI is InChI=1S/C46H38BNO3/c1-45(2)46(3,4)51-47(50-45)37-28-35(41-30-33-18-11-13-24-40(33)48(41)38-21-9-6-10-22-38)27-36(29-37)43-39-23-12-14-25-42(39)49-44(43)34-20-15-19-32(26-34)31-16-7-5-8-17-31/h5-30H,1-4H3. The van der Waals surface area contributed by atoms with Crippen LogP contribution in [0.1, 0.15) is 27.7 Å². The monoisotopic (exact) mass is 663 g/mol. The number of aromatic nitrogens is 1. The molecule has 0 aliphatic carbocycles. The quantitative estimate of drug-likeness (QED) is 0.166. The number of hydrogen-bond acceptors (Lipinski definition) is 3. The van der Waals surface area contributed by atoms with Crippen molar-refractivity contribution in [3.8, 4) is 50.5 Å².